The maximum atomic E-state index is 13.5. The number of carbonyl (C=O) groups excluding carboxylic acids is 3. The third kappa shape index (κ3) is 5.09. The fourth-order valence-electron chi connectivity index (χ4n) is 4.33. The predicted octanol–water partition coefficient (Wildman–Crippen LogP) is 2.66. The zero-order chi connectivity index (χ0) is 22.6. The van der Waals surface area contributed by atoms with Gasteiger partial charge in [-0.2, -0.15) is 0 Å². The fraction of sp³-hybridized carbons (Fsp3) is 0.625. The summed E-state index contributed by atoms with van der Waals surface area (Å²) < 4.78 is 6.19. The van der Waals surface area contributed by atoms with Gasteiger partial charge in [-0.05, 0) is 24.5 Å². The minimum atomic E-state index is -0.860. The average Bonchev–Trinajstić information content (AvgIpc) is 3.12. The molecule has 1 N–H and O–H groups in total. The van der Waals surface area contributed by atoms with Crippen LogP contribution in [0.5, 0.6) is 0 Å². The van der Waals surface area contributed by atoms with Gasteiger partial charge in [-0.1, -0.05) is 45.9 Å². The average molecular weight is 430 g/mol. The number of likely N-dealkylation sites (tertiary alicyclic amines) is 1. The summed E-state index contributed by atoms with van der Waals surface area (Å²) in [7, 11) is 0. The topological polar surface area (TPSA) is 79.0 Å². The Morgan fingerprint density at radius 3 is 2.32 bits per heavy atom. The first kappa shape index (κ1) is 23.3. The minimum absolute atomic E-state index is 0.0694. The number of amides is 3. The van der Waals surface area contributed by atoms with Gasteiger partial charge in [-0.25, -0.2) is 0 Å². The number of rotatable bonds is 6. The maximum absolute atomic E-state index is 13.5. The highest BCUT2D eigenvalue weighted by atomic mass is 16.5. The molecule has 7 heteroatoms. The second-order valence-electron chi connectivity index (χ2n) is 9.27. The van der Waals surface area contributed by atoms with E-state index in [-0.39, 0.29) is 30.2 Å². The molecule has 1 aromatic carbocycles. The Morgan fingerprint density at radius 1 is 1.10 bits per heavy atom. The Balaban J connectivity index is 1.81. The smallest absolute Gasteiger partial charge is 0.256 e. The van der Waals surface area contributed by atoms with Crippen LogP contribution in [0.15, 0.2) is 30.3 Å². The lowest BCUT2D eigenvalue weighted by molar-refractivity contribution is -0.146. The first-order valence-electron chi connectivity index (χ1n) is 11.3. The van der Waals surface area contributed by atoms with Crippen LogP contribution in [0.3, 0.4) is 0 Å². The number of nitrogens with zero attached hydrogens (tertiary/aromatic N) is 2. The summed E-state index contributed by atoms with van der Waals surface area (Å²) in [6, 6.07) is 8.35. The highest BCUT2D eigenvalue weighted by Crippen LogP contribution is 2.38. The van der Waals surface area contributed by atoms with Gasteiger partial charge in [0.25, 0.3) is 5.91 Å². The van der Waals surface area contributed by atoms with Crippen molar-refractivity contribution in [1.29, 1.82) is 0 Å². The van der Waals surface area contributed by atoms with Crippen molar-refractivity contribution >= 4 is 17.7 Å². The number of carbonyl (C=O) groups is 3. The van der Waals surface area contributed by atoms with Gasteiger partial charge in [-0.15, -0.1) is 0 Å². The molecule has 0 bridgehead atoms. The predicted molar refractivity (Wildman–Crippen MR) is 118 cm³/mol. The first-order chi connectivity index (χ1) is 14.7. The van der Waals surface area contributed by atoms with Gasteiger partial charge in [0.1, 0.15) is 11.8 Å². The lowest BCUT2D eigenvalue weighted by atomic mass is 9.95. The molecule has 1 aromatic rings. The number of ether oxygens (including phenoxy) is 1. The van der Waals surface area contributed by atoms with Crippen molar-refractivity contribution < 1.29 is 19.1 Å². The third-order valence-electron chi connectivity index (χ3n) is 6.17. The van der Waals surface area contributed by atoms with Crippen molar-refractivity contribution in [2.75, 3.05) is 26.2 Å². The van der Waals surface area contributed by atoms with Crippen molar-refractivity contribution in [1.82, 2.24) is 15.1 Å². The van der Waals surface area contributed by atoms with Gasteiger partial charge in [0.15, 0.2) is 0 Å². The molecule has 1 unspecified atom stereocenters. The summed E-state index contributed by atoms with van der Waals surface area (Å²) in [5.74, 6) is 0.140. The van der Waals surface area contributed by atoms with Gasteiger partial charge >= 0.3 is 0 Å². The Bertz CT molecular complexity index is 785. The van der Waals surface area contributed by atoms with Crippen LogP contribution >= 0.6 is 0 Å². The highest BCUT2D eigenvalue weighted by molar-refractivity contribution is 5.98. The zero-order valence-electron chi connectivity index (χ0n) is 19.1. The largest absolute Gasteiger partial charge is 0.354 e. The molecule has 0 aliphatic carbocycles. The lowest BCUT2D eigenvalue weighted by Crippen LogP contribution is -2.60. The second-order valence-corrected chi connectivity index (χ2v) is 9.27. The van der Waals surface area contributed by atoms with E-state index in [4.69, 9.17) is 4.74 Å². The molecule has 0 radical (unpaired) electrons. The van der Waals surface area contributed by atoms with Crippen molar-refractivity contribution in [3.63, 3.8) is 0 Å². The third-order valence-corrected chi connectivity index (χ3v) is 6.17. The van der Waals surface area contributed by atoms with Crippen LogP contribution in [0.2, 0.25) is 0 Å². The van der Waals surface area contributed by atoms with Gasteiger partial charge < -0.3 is 15.0 Å². The zero-order valence-corrected chi connectivity index (χ0v) is 19.1. The molecule has 2 aliphatic heterocycles. The summed E-state index contributed by atoms with van der Waals surface area (Å²) >= 11 is 0. The molecular formula is C24H35N3O4. The van der Waals surface area contributed by atoms with E-state index >= 15 is 0 Å². The Kier molecular flexibility index (Phi) is 7.36. The van der Waals surface area contributed by atoms with Gasteiger partial charge in [0, 0.05) is 44.0 Å². The molecule has 7 nitrogen and oxygen atoms in total. The summed E-state index contributed by atoms with van der Waals surface area (Å²) in [5, 5.41) is 2.98. The van der Waals surface area contributed by atoms with Gasteiger partial charge in [0.2, 0.25) is 11.8 Å². The highest BCUT2D eigenvalue weighted by Gasteiger charge is 2.54. The molecule has 0 saturated carbocycles. The molecule has 1 spiro atoms. The summed E-state index contributed by atoms with van der Waals surface area (Å²) in [6.45, 7) is 9.76. The molecule has 170 valence electrons. The minimum Gasteiger partial charge on any atom is -0.354 e. The summed E-state index contributed by atoms with van der Waals surface area (Å²) in [5.41, 5.74) is -0.325. The Hall–Kier alpha value is -2.41. The molecule has 2 heterocycles. The first-order valence-corrected chi connectivity index (χ1v) is 11.3. The normalized spacial score (nSPS) is 20.5. The van der Waals surface area contributed by atoms with Crippen molar-refractivity contribution in [2.24, 2.45) is 11.8 Å². The van der Waals surface area contributed by atoms with E-state index in [0.29, 0.717) is 44.0 Å². The van der Waals surface area contributed by atoms with E-state index in [1.165, 1.54) is 0 Å². The summed E-state index contributed by atoms with van der Waals surface area (Å²) in [4.78, 5) is 42.4. The molecular weight excluding hydrogens is 394 g/mol. The van der Waals surface area contributed by atoms with Crippen LogP contribution in [0.1, 0.15) is 57.3 Å². The van der Waals surface area contributed by atoms with E-state index in [2.05, 4.69) is 19.2 Å². The summed E-state index contributed by atoms with van der Waals surface area (Å²) in [6.07, 6.45) is 1.88. The van der Waals surface area contributed by atoms with Crippen LogP contribution in [0, 0.1) is 11.8 Å². The van der Waals surface area contributed by atoms with Crippen LogP contribution < -0.4 is 5.32 Å². The van der Waals surface area contributed by atoms with E-state index in [1.807, 2.05) is 36.9 Å². The maximum Gasteiger partial charge on any atom is 0.256 e. The van der Waals surface area contributed by atoms with Crippen molar-refractivity contribution in [2.45, 2.75) is 58.7 Å². The van der Waals surface area contributed by atoms with E-state index in [1.54, 1.807) is 17.0 Å². The van der Waals surface area contributed by atoms with Crippen LogP contribution in [0.4, 0.5) is 0 Å². The number of benzene rings is 1. The fourth-order valence-corrected chi connectivity index (χ4v) is 4.33. The quantitative estimate of drug-likeness (QED) is 0.754. The molecule has 0 aromatic heterocycles. The number of piperidine rings is 1. The lowest BCUT2D eigenvalue weighted by Gasteiger charge is -2.44. The molecule has 2 saturated heterocycles. The monoisotopic (exact) mass is 429 g/mol. The molecule has 31 heavy (non-hydrogen) atoms. The van der Waals surface area contributed by atoms with Crippen LogP contribution in [-0.4, -0.2) is 65.5 Å². The van der Waals surface area contributed by atoms with Crippen LogP contribution in [0.25, 0.3) is 0 Å². The molecule has 2 aliphatic rings. The Morgan fingerprint density at radius 2 is 1.74 bits per heavy atom. The second kappa shape index (κ2) is 9.81. The number of nitrogens with one attached hydrogen (secondary N) is 1. The molecule has 3 amide bonds. The van der Waals surface area contributed by atoms with E-state index in [9.17, 15) is 14.4 Å². The van der Waals surface area contributed by atoms with E-state index in [0.717, 1.165) is 6.42 Å². The number of hydrogen-bond donors (Lipinski definition) is 1. The Labute approximate surface area is 185 Å². The van der Waals surface area contributed by atoms with Gasteiger partial charge in [-0.3, -0.25) is 19.3 Å². The van der Waals surface area contributed by atoms with Crippen molar-refractivity contribution in [3.05, 3.63) is 35.9 Å². The molecule has 3 rings (SSSR count). The van der Waals surface area contributed by atoms with Gasteiger partial charge in [0.05, 0.1) is 6.61 Å². The van der Waals surface area contributed by atoms with Crippen LogP contribution in [-0.2, 0) is 14.3 Å². The molecule has 1 atom stereocenters. The standard InChI is InChI=1S/C24H35N3O4/c1-17(2)10-13-25-21(28)20-16-31-24(11-14-26(15-12-24)22(29)18(3)4)27(20)23(30)19-8-6-5-7-9-19/h5-9,17-18,20H,10-16H2,1-4H3,(H,25,28). The van der Waals surface area contributed by atoms with Crippen molar-refractivity contribution in [3.8, 4) is 0 Å². The molecule has 2 fully saturated rings. The van der Waals surface area contributed by atoms with E-state index < -0.39 is 11.8 Å². The SMILES string of the molecule is CC(C)CCNC(=O)C1COC2(CCN(C(=O)C(C)C)CC2)N1C(=O)c1ccccc1. The number of hydrogen-bond acceptors (Lipinski definition) is 4.